The van der Waals surface area contributed by atoms with Crippen LogP contribution in [0.4, 0.5) is 0 Å². The normalized spacial score (nSPS) is 12.0. The van der Waals surface area contributed by atoms with Crippen LogP contribution < -0.4 is 0 Å². The van der Waals surface area contributed by atoms with Gasteiger partial charge in [-0.3, -0.25) is 0 Å². The fourth-order valence-corrected chi connectivity index (χ4v) is 5.43. The van der Waals surface area contributed by atoms with Gasteiger partial charge >= 0.3 is 0 Å². The van der Waals surface area contributed by atoms with Crippen molar-refractivity contribution in [3.63, 3.8) is 0 Å². The first-order valence-electron chi connectivity index (χ1n) is 8.55. The summed E-state index contributed by atoms with van der Waals surface area (Å²) in [5.74, 6) is 0. The molecule has 0 aliphatic heterocycles. The fraction of sp³-hybridized carbons (Fsp3) is 0. The van der Waals surface area contributed by atoms with Gasteiger partial charge in [-0.15, -0.1) is 11.3 Å². The quantitative estimate of drug-likeness (QED) is 0.252. The van der Waals surface area contributed by atoms with E-state index in [1.807, 2.05) is 11.3 Å². The fourth-order valence-electron chi connectivity index (χ4n) is 4.17. The second-order valence-electron chi connectivity index (χ2n) is 6.55. The molecule has 0 aliphatic rings. The molecule has 1 heteroatoms. The molecule has 0 bridgehead atoms. The Hall–Kier alpha value is -2.90. The molecule has 0 fully saturated rings. The number of hydrogen-bond acceptors (Lipinski definition) is 1. The maximum Gasteiger partial charge on any atom is 0.0440 e. The van der Waals surface area contributed by atoms with Crippen molar-refractivity contribution in [1.29, 1.82) is 0 Å². The van der Waals surface area contributed by atoms with Crippen LogP contribution in [-0.4, -0.2) is 0 Å². The van der Waals surface area contributed by atoms with Crippen molar-refractivity contribution >= 4 is 63.8 Å². The van der Waals surface area contributed by atoms with Crippen LogP contribution >= 0.6 is 11.3 Å². The molecule has 0 saturated carbocycles. The van der Waals surface area contributed by atoms with E-state index in [4.69, 9.17) is 0 Å². The largest absolute Gasteiger partial charge is 0.135 e. The average molecular weight is 334 g/mol. The molecule has 0 radical (unpaired) electrons. The smallest absolute Gasteiger partial charge is 0.0440 e. The molecule has 0 nitrogen and oxygen atoms in total. The molecule has 6 rings (SSSR count). The van der Waals surface area contributed by atoms with E-state index in [0.717, 1.165) is 0 Å². The van der Waals surface area contributed by atoms with E-state index >= 15 is 0 Å². The monoisotopic (exact) mass is 334 g/mol. The molecule has 116 valence electrons. The Morgan fingerprint density at radius 1 is 0.400 bits per heavy atom. The van der Waals surface area contributed by atoms with Crippen LogP contribution in [0.1, 0.15) is 0 Å². The summed E-state index contributed by atoms with van der Waals surface area (Å²) in [6.45, 7) is 0. The van der Waals surface area contributed by atoms with Crippen LogP contribution in [0.3, 0.4) is 0 Å². The predicted octanol–water partition coefficient (Wildman–Crippen LogP) is 7.51. The van der Waals surface area contributed by atoms with Crippen LogP contribution in [0.5, 0.6) is 0 Å². The van der Waals surface area contributed by atoms with Gasteiger partial charge in [0.25, 0.3) is 0 Å². The predicted molar refractivity (Wildman–Crippen MR) is 112 cm³/mol. The van der Waals surface area contributed by atoms with Crippen molar-refractivity contribution in [2.45, 2.75) is 0 Å². The summed E-state index contributed by atoms with van der Waals surface area (Å²) in [5.41, 5.74) is 0. The van der Waals surface area contributed by atoms with Gasteiger partial charge in [0.2, 0.25) is 0 Å². The van der Waals surface area contributed by atoms with Crippen molar-refractivity contribution in [2.24, 2.45) is 0 Å². The highest BCUT2D eigenvalue weighted by Gasteiger charge is 2.13. The lowest BCUT2D eigenvalue weighted by atomic mass is 9.93. The van der Waals surface area contributed by atoms with E-state index in [9.17, 15) is 0 Å². The third-order valence-electron chi connectivity index (χ3n) is 5.25. The molecule has 5 aromatic carbocycles. The Labute approximate surface area is 148 Å². The number of thiophene rings is 1. The van der Waals surface area contributed by atoms with Crippen LogP contribution in [0.2, 0.25) is 0 Å². The van der Waals surface area contributed by atoms with Gasteiger partial charge in [-0.05, 0) is 33.0 Å². The van der Waals surface area contributed by atoms with Crippen molar-refractivity contribution in [3.8, 4) is 0 Å². The second kappa shape index (κ2) is 4.81. The van der Waals surface area contributed by atoms with Crippen LogP contribution in [0.25, 0.3) is 52.5 Å². The zero-order valence-corrected chi connectivity index (χ0v) is 14.3. The molecule has 1 aromatic heterocycles. The zero-order chi connectivity index (χ0) is 16.4. The van der Waals surface area contributed by atoms with Gasteiger partial charge in [0.05, 0.1) is 0 Å². The Bertz CT molecular complexity index is 1400. The van der Waals surface area contributed by atoms with Crippen LogP contribution in [-0.2, 0) is 0 Å². The maximum absolute atomic E-state index is 2.31. The zero-order valence-electron chi connectivity index (χ0n) is 13.5. The lowest BCUT2D eigenvalue weighted by Crippen LogP contribution is -1.83. The first kappa shape index (κ1) is 13.4. The van der Waals surface area contributed by atoms with E-state index in [2.05, 4.69) is 84.9 Å². The number of rotatable bonds is 0. The molecular formula is C24H14S. The van der Waals surface area contributed by atoms with E-state index < -0.39 is 0 Å². The third kappa shape index (κ3) is 1.71. The standard InChI is InChI=1S/C24H14S/c1-2-9-17-15(7-1)16-8-3-4-11-19(16)23-20(17)13-14-21-18-10-5-6-12-22(18)25-24(21)23/h1-14H. The van der Waals surface area contributed by atoms with Crippen molar-refractivity contribution in [1.82, 2.24) is 0 Å². The van der Waals surface area contributed by atoms with Crippen molar-refractivity contribution in [2.75, 3.05) is 0 Å². The number of hydrogen-bond donors (Lipinski definition) is 0. The molecule has 0 aliphatic carbocycles. The molecule has 0 spiro atoms. The van der Waals surface area contributed by atoms with E-state index in [1.165, 1.54) is 52.5 Å². The Morgan fingerprint density at radius 2 is 0.880 bits per heavy atom. The minimum atomic E-state index is 1.34. The topological polar surface area (TPSA) is 0 Å². The average Bonchev–Trinajstić information content (AvgIpc) is 3.06. The number of benzene rings is 5. The SMILES string of the molecule is c1ccc2c(c1)sc1c2ccc2c3ccccc3c3ccccc3c21. The van der Waals surface area contributed by atoms with E-state index in [1.54, 1.807) is 0 Å². The minimum Gasteiger partial charge on any atom is -0.135 e. The molecule has 0 saturated heterocycles. The summed E-state index contributed by atoms with van der Waals surface area (Å²) >= 11 is 1.91. The van der Waals surface area contributed by atoms with Crippen molar-refractivity contribution in [3.05, 3.63) is 84.9 Å². The first-order chi connectivity index (χ1) is 12.4. The van der Waals surface area contributed by atoms with Crippen LogP contribution in [0, 0.1) is 0 Å². The molecule has 25 heavy (non-hydrogen) atoms. The molecular weight excluding hydrogens is 320 g/mol. The summed E-state index contributed by atoms with van der Waals surface area (Å²) in [5, 5.41) is 10.9. The lowest BCUT2D eigenvalue weighted by molar-refractivity contribution is 1.80. The summed E-state index contributed by atoms with van der Waals surface area (Å²) in [4.78, 5) is 0. The Morgan fingerprint density at radius 3 is 1.60 bits per heavy atom. The summed E-state index contributed by atoms with van der Waals surface area (Å²) in [7, 11) is 0. The molecule has 6 aromatic rings. The summed E-state index contributed by atoms with van der Waals surface area (Å²) < 4.78 is 2.77. The number of fused-ring (bicyclic) bond motifs is 10. The highest BCUT2D eigenvalue weighted by molar-refractivity contribution is 7.26. The second-order valence-corrected chi connectivity index (χ2v) is 7.61. The molecule has 0 atom stereocenters. The van der Waals surface area contributed by atoms with E-state index in [-0.39, 0.29) is 0 Å². The van der Waals surface area contributed by atoms with Gasteiger partial charge < -0.3 is 0 Å². The summed E-state index contributed by atoms with van der Waals surface area (Å²) in [6, 6.07) is 31.0. The molecule has 0 unspecified atom stereocenters. The van der Waals surface area contributed by atoms with Gasteiger partial charge in [-0.25, -0.2) is 0 Å². The van der Waals surface area contributed by atoms with Crippen molar-refractivity contribution < 1.29 is 0 Å². The first-order valence-corrected chi connectivity index (χ1v) is 9.37. The van der Waals surface area contributed by atoms with Gasteiger partial charge in [-0.1, -0.05) is 78.9 Å². The van der Waals surface area contributed by atoms with E-state index in [0.29, 0.717) is 0 Å². The minimum absolute atomic E-state index is 1.34. The third-order valence-corrected chi connectivity index (χ3v) is 6.45. The highest BCUT2D eigenvalue weighted by atomic mass is 32.1. The molecule has 0 amide bonds. The van der Waals surface area contributed by atoms with Crippen LogP contribution in [0.15, 0.2) is 84.9 Å². The highest BCUT2D eigenvalue weighted by Crippen LogP contribution is 2.43. The van der Waals surface area contributed by atoms with Gasteiger partial charge in [0, 0.05) is 25.6 Å². The van der Waals surface area contributed by atoms with Gasteiger partial charge in [-0.2, -0.15) is 0 Å². The Balaban J connectivity index is 2.02. The van der Waals surface area contributed by atoms with Gasteiger partial charge in [0.15, 0.2) is 0 Å². The lowest BCUT2D eigenvalue weighted by Gasteiger charge is -2.11. The van der Waals surface area contributed by atoms with Gasteiger partial charge in [0.1, 0.15) is 0 Å². The molecule has 0 N–H and O–H groups in total. The maximum atomic E-state index is 2.31. The summed E-state index contributed by atoms with van der Waals surface area (Å²) in [6.07, 6.45) is 0. The molecule has 1 heterocycles. The Kier molecular flexibility index (Phi) is 2.58.